The first-order chi connectivity index (χ1) is 12.1. The van der Waals surface area contributed by atoms with E-state index in [9.17, 15) is 4.79 Å². The molecule has 0 atom stereocenters. The van der Waals surface area contributed by atoms with Crippen LogP contribution in [-0.4, -0.2) is 20.5 Å². The Balaban J connectivity index is 2.11. The molecule has 3 rings (SSSR count). The number of nitrogens with zero attached hydrogens (tertiary/aromatic N) is 3. The van der Waals surface area contributed by atoms with E-state index in [1.165, 1.54) is 0 Å². The van der Waals surface area contributed by atoms with Crippen molar-refractivity contribution in [2.45, 2.75) is 33.6 Å². The SMILES string of the molecule is CCCc1[nH]n(-c2ccccc2)c(=O)c1/C(C)=N/c1cccc(C)n1. The number of H-pyrrole nitrogens is 1. The summed E-state index contributed by atoms with van der Waals surface area (Å²) in [5, 5.41) is 3.25. The molecule has 0 amide bonds. The highest BCUT2D eigenvalue weighted by Crippen LogP contribution is 2.14. The maximum atomic E-state index is 13.0. The van der Waals surface area contributed by atoms with Gasteiger partial charge >= 0.3 is 0 Å². The fraction of sp³-hybridized carbons (Fsp3) is 0.250. The van der Waals surface area contributed by atoms with Gasteiger partial charge in [-0.05, 0) is 44.5 Å². The molecular formula is C20H22N4O. The topological polar surface area (TPSA) is 63.0 Å². The molecule has 0 aliphatic heterocycles. The van der Waals surface area contributed by atoms with Crippen LogP contribution in [0.25, 0.3) is 5.69 Å². The molecule has 1 aromatic carbocycles. The zero-order chi connectivity index (χ0) is 17.8. The summed E-state index contributed by atoms with van der Waals surface area (Å²) in [5.41, 5.74) is 3.86. The van der Waals surface area contributed by atoms with Crippen molar-refractivity contribution in [2.24, 2.45) is 4.99 Å². The molecule has 2 aromatic heterocycles. The van der Waals surface area contributed by atoms with Gasteiger partial charge in [-0.1, -0.05) is 37.6 Å². The van der Waals surface area contributed by atoms with Gasteiger partial charge in [0.05, 0.1) is 17.0 Å². The van der Waals surface area contributed by atoms with E-state index in [0.717, 1.165) is 29.9 Å². The van der Waals surface area contributed by atoms with Crippen LogP contribution in [0.15, 0.2) is 58.3 Å². The Hall–Kier alpha value is -2.95. The summed E-state index contributed by atoms with van der Waals surface area (Å²) in [6, 6.07) is 15.3. The lowest BCUT2D eigenvalue weighted by Gasteiger charge is -2.01. The van der Waals surface area contributed by atoms with Gasteiger partial charge in [0.2, 0.25) is 0 Å². The van der Waals surface area contributed by atoms with Crippen LogP contribution in [0, 0.1) is 6.92 Å². The number of aryl methyl sites for hydroxylation is 2. The predicted molar refractivity (Wildman–Crippen MR) is 101 cm³/mol. The first-order valence-electron chi connectivity index (χ1n) is 8.48. The number of para-hydroxylation sites is 1. The normalized spacial score (nSPS) is 11.7. The van der Waals surface area contributed by atoms with Gasteiger partial charge in [-0.15, -0.1) is 0 Å². The van der Waals surface area contributed by atoms with E-state index < -0.39 is 0 Å². The van der Waals surface area contributed by atoms with Crippen LogP contribution in [0.2, 0.25) is 0 Å². The van der Waals surface area contributed by atoms with Crippen LogP contribution in [0.1, 0.15) is 37.2 Å². The predicted octanol–water partition coefficient (Wildman–Crippen LogP) is 3.96. The van der Waals surface area contributed by atoms with Gasteiger partial charge in [-0.25, -0.2) is 14.7 Å². The molecule has 5 nitrogen and oxygen atoms in total. The molecule has 1 N–H and O–H groups in total. The molecule has 128 valence electrons. The zero-order valence-electron chi connectivity index (χ0n) is 14.8. The van der Waals surface area contributed by atoms with Crippen molar-refractivity contribution in [1.29, 1.82) is 0 Å². The number of hydrogen-bond acceptors (Lipinski definition) is 3. The van der Waals surface area contributed by atoms with Crippen molar-refractivity contribution < 1.29 is 0 Å². The second kappa shape index (κ2) is 7.30. The number of nitrogens with one attached hydrogen (secondary N) is 1. The van der Waals surface area contributed by atoms with E-state index in [1.54, 1.807) is 4.68 Å². The van der Waals surface area contributed by atoms with Gasteiger partial charge < -0.3 is 0 Å². The van der Waals surface area contributed by atoms with Gasteiger partial charge in [0, 0.05) is 11.4 Å². The minimum atomic E-state index is -0.0800. The van der Waals surface area contributed by atoms with Crippen molar-refractivity contribution in [3.8, 4) is 5.69 Å². The number of hydrogen-bond donors (Lipinski definition) is 1. The van der Waals surface area contributed by atoms with E-state index in [0.29, 0.717) is 17.1 Å². The monoisotopic (exact) mass is 334 g/mol. The van der Waals surface area contributed by atoms with Crippen LogP contribution in [0.4, 0.5) is 5.82 Å². The summed E-state index contributed by atoms with van der Waals surface area (Å²) in [6.07, 6.45) is 1.73. The van der Waals surface area contributed by atoms with Gasteiger partial charge in [0.15, 0.2) is 5.82 Å². The first kappa shape index (κ1) is 16.9. The lowest BCUT2D eigenvalue weighted by Crippen LogP contribution is -2.19. The number of rotatable bonds is 5. The average Bonchev–Trinajstić information content (AvgIpc) is 2.92. The summed E-state index contributed by atoms with van der Waals surface area (Å²) in [4.78, 5) is 22.0. The van der Waals surface area contributed by atoms with Crippen molar-refractivity contribution in [2.75, 3.05) is 0 Å². The van der Waals surface area contributed by atoms with E-state index in [4.69, 9.17) is 0 Å². The maximum absolute atomic E-state index is 13.0. The average molecular weight is 334 g/mol. The molecule has 0 aliphatic rings. The minimum absolute atomic E-state index is 0.0800. The molecular weight excluding hydrogens is 312 g/mol. The van der Waals surface area contributed by atoms with Crippen molar-refractivity contribution in [3.63, 3.8) is 0 Å². The number of pyridine rings is 1. The Morgan fingerprint density at radius 1 is 1.16 bits per heavy atom. The van der Waals surface area contributed by atoms with E-state index in [1.807, 2.05) is 62.4 Å². The fourth-order valence-electron chi connectivity index (χ4n) is 2.86. The summed E-state index contributed by atoms with van der Waals surface area (Å²) in [6.45, 7) is 5.88. The van der Waals surface area contributed by atoms with Crippen LogP contribution in [0.5, 0.6) is 0 Å². The fourth-order valence-corrected chi connectivity index (χ4v) is 2.86. The molecule has 0 bridgehead atoms. The van der Waals surface area contributed by atoms with Gasteiger partial charge in [-0.3, -0.25) is 9.89 Å². The zero-order valence-corrected chi connectivity index (χ0v) is 14.8. The largest absolute Gasteiger partial charge is 0.294 e. The summed E-state index contributed by atoms with van der Waals surface area (Å²) in [5.74, 6) is 0.617. The highest BCUT2D eigenvalue weighted by atomic mass is 16.1. The second-order valence-corrected chi connectivity index (χ2v) is 6.03. The molecule has 0 spiro atoms. The molecule has 0 aliphatic carbocycles. The van der Waals surface area contributed by atoms with Crippen LogP contribution >= 0.6 is 0 Å². The lowest BCUT2D eigenvalue weighted by molar-refractivity contribution is 0.793. The molecule has 0 saturated carbocycles. The first-order valence-corrected chi connectivity index (χ1v) is 8.48. The molecule has 0 radical (unpaired) electrons. The number of aromatic amines is 1. The van der Waals surface area contributed by atoms with Crippen LogP contribution < -0.4 is 5.56 Å². The Kier molecular flexibility index (Phi) is 4.93. The van der Waals surface area contributed by atoms with Crippen LogP contribution in [0.3, 0.4) is 0 Å². The third-order valence-electron chi connectivity index (χ3n) is 4.00. The molecule has 0 fully saturated rings. The Labute approximate surface area is 147 Å². The van der Waals surface area contributed by atoms with Gasteiger partial charge in [0.25, 0.3) is 5.56 Å². The molecule has 3 aromatic rings. The summed E-state index contributed by atoms with van der Waals surface area (Å²) in [7, 11) is 0. The highest BCUT2D eigenvalue weighted by Gasteiger charge is 2.17. The van der Waals surface area contributed by atoms with E-state index in [-0.39, 0.29) is 5.56 Å². The Bertz CT molecular complexity index is 951. The molecule has 0 saturated heterocycles. The number of aliphatic imine (C=N–C) groups is 1. The highest BCUT2D eigenvalue weighted by molar-refractivity contribution is 6.00. The van der Waals surface area contributed by atoms with Crippen LogP contribution in [-0.2, 0) is 6.42 Å². The molecule has 0 unspecified atom stereocenters. The molecule has 5 heteroatoms. The third kappa shape index (κ3) is 3.60. The quantitative estimate of drug-likeness (QED) is 0.718. The van der Waals surface area contributed by atoms with Gasteiger partial charge in [-0.2, -0.15) is 0 Å². The van der Waals surface area contributed by atoms with Crippen molar-refractivity contribution >= 4 is 11.5 Å². The molecule has 25 heavy (non-hydrogen) atoms. The van der Waals surface area contributed by atoms with E-state index >= 15 is 0 Å². The minimum Gasteiger partial charge on any atom is -0.294 e. The maximum Gasteiger partial charge on any atom is 0.280 e. The summed E-state index contributed by atoms with van der Waals surface area (Å²) >= 11 is 0. The smallest absolute Gasteiger partial charge is 0.280 e. The standard InChI is InChI=1S/C20H22N4O/c1-4-9-17-19(15(3)22-18-13-8-10-14(2)21-18)20(25)24(23-17)16-11-6-5-7-12-16/h5-8,10-13,23H,4,9H2,1-3H3/b22-15+. The molecule has 2 heterocycles. The summed E-state index contributed by atoms with van der Waals surface area (Å²) < 4.78 is 1.59. The van der Waals surface area contributed by atoms with Gasteiger partial charge in [0.1, 0.15) is 0 Å². The second-order valence-electron chi connectivity index (χ2n) is 6.03. The Morgan fingerprint density at radius 3 is 2.60 bits per heavy atom. The van der Waals surface area contributed by atoms with Crippen molar-refractivity contribution in [3.05, 3.63) is 75.8 Å². The number of benzene rings is 1. The van der Waals surface area contributed by atoms with Crippen molar-refractivity contribution in [1.82, 2.24) is 14.8 Å². The van der Waals surface area contributed by atoms with E-state index in [2.05, 4.69) is 22.0 Å². The third-order valence-corrected chi connectivity index (χ3v) is 4.00. The number of aromatic nitrogens is 3. The Morgan fingerprint density at radius 2 is 1.92 bits per heavy atom. The lowest BCUT2D eigenvalue weighted by atomic mass is 10.1.